The molecule has 1 aliphatic carbocycles. The van der Waals surface area contributed by atoms with E-state index in [2.05, 4.69) is 5.32 Å². The van der Waals surface area contributed by atoms with Crippen molar-refractivity contribution in [1.29, 1.82) is 0 Å². The summed E-state index contributed by atoms with van der Waals surface area (Å²) in [5.41, 5.74) is 7.51. The molecular formula is C13H20N2O. The molecule has 1 aliphatic rings. The average molecular weight is 220 g/mol. The molecule has 1 aromatic carbocycles. The third-order valence-corrected chi connectivity index (χ3v) is 3.00. The van der Waals surface area contributed by atoms with Crippen molar-refractivity contribution in [3.05, 3.63) is 24.3 Å². The summed E-state index contributed by atoms with van der Waals surface area (Å²) in [7, 11) is 0. The second kappa shape index (κ2) is 5.75. The number of nitrogen functional groups attached to an aromatic ring is 1. The highest BCUT2D eigenvalue weighted by molar-refractivity contribution is 5.51. The lowest BCUT2D eigenvalue weighted by atomic mass is 10.3. The Bertz CT molecular complexity index is 304. The maximum absolute atomic E-state index is 5.76. The van der Waals surface area contributed by atoms with Gasteiger partial charge in [0, 0.05) is 17.9 Å². The molecule has 0 atom stereocenters. The van der Waals surface area contributed by atoms with Crippen LogP contribution in [-0.4, -0.2) is 19.3 Å². The summed E-state index contributed by atoms with van der Waals surface area (Å²) in [6, 6.07) is 7.79. The van der Waals surface area contributed by atoms with Crippen molar-refractivity contribution in [1.82, 2.24) is 0 Å². The fraction of sp³-hybridized carbons (Fsp3) is 0.538. The standard InChI is InChI=1S/C13H20N2O/c14-11-5-7-12(8-6-11)15-9-10-16-13-3-1-2-4-13/h5-8,13,15H,1-4,9-10,14H2. The zero-order valence-corrected chi connectivity index (χ0v) is 9.61. The lowest BCUT2D eigenvalue weighted by Crippen LogP contribution is -2.15. The molecule has 0 aromatic heterocycles. The van der Waals surface area contributed by atoms with E-state index in [1.807, 2.05) is 24.3 Å². The molecule has 1 saturated carbocycles. The summed E-state index contributed by atoms with van der Waals surface area (Å²) in [5, 5.41) is 3.32. The monoisotopic (exact) mass is 220 g/mol. The molecule has 3 N–H and O–H groups in total. The molecule has 0 amide bonds. The van der Waals surface area contributed by atoms with Crippen LogP contribution in [0.25, 0.3) is 0 Å². The largest absolute Gasteiger partial charge is 0.399 e. The predicted molar refractivity (Wildman–Crippen MR) is 67.6 cm³/mol. The van der Waals surface area contributed by atoms with Crippen molar-refractivity contribution in [2.75, 3.05) is 24.2 Å². The quantitative estimate of drug-likeness (QED) is 0.592. The first-order valence-electron chi connectivity index (χ1n) is 6.05. The van der Waals surface area contributed by atoms with E-state index in [-0.39, 0.29) is 0 Å². The van der Waals surface area contributed by atoms with Crippen LogP contribution in [0.1, 0.15) is 25.7 Å². The number of rotatable bonds is 5. The Hall–Kier alpha value is -1.22. The lowest BCUT2D eigenvalue weighted by molar-refractivity contribution is 0.0659. The molecule has 0 unspecified atom stereocenters. The third-order valence-electron chi connectivity index (χ3n) is 3.00. The number of hydrogen-bond donors (Lipinski definition) is 2. The number of nitrogens with two attached hydrogens (primary N) is 1. The highest BCUT2D eigenvalue weighted by Crippen LogP contribution is 2.20. The Labute approximate surface area is 97.0 Å². The molecule has 1 aromatic rings. The van der Waals surface area contributed by atoms with E-state index in [4.69, 9.17) is 10.5 Å². The van der Waals surface area contributed by atoms with Gasteiger partial charge in [0.05, 0.1) is 12.7 Å². The van der Waals surface area contributed by atoms with Crippen LogP contribution in [0.5, 0.6) is 0 Å². The fourth-order valence-electron chi connectivity index (χ4n) is 2.08. The first-order chi connectivity index (χ1) is 7.84. The normalized spacial score (nSPS) is 16.5. The Morgan fingerprint density at radius 1 is 1.19 bits per heavy atom. The molecule has 0 aliphatic heterocycles. The van der Waals surface area contributed by atoms with Gasteiger partial charge in [-0.3, -0.25) is 0 Å². The van der Waals surface area contributed by atoms with Gasteiger partial charge in [0.2, 0.25) is 0 Å². The maximum Gasteiger partial charge on any atom is 0.0642 e. The Balaban J connectivity index is 1.62. The maximum atomic E-state index is 5.76. The van der Waals surface area contributed by atoms with E-state index < -0.39 is 0 Å². The molecular weight excluding hydrogens is 200 g/mol. The number of anilines is 2. The van der Waals surface area contributed by atoms with Crippen LogP contribution in [0.4, 0.5) is 11.4 Å². The van der Waals surface area contributed by atoms with E-state index in [0.717, 1.165) is 24.5 Å². The smallest absolute Gasteiger partial charge is 0.0642 e. The molecule has 0 saturated heterocycles. The topological polar surface area (TPSA) is 47.3 Å². The van der Waals surface area contributed by atoms with Crippen molar-refractivity contribution < 1.29 is 4.74 Å². The van der Waals surface area contributed by atoms with Gasteiger partial charge in [0.25, 0.3) is 0 Å². The van der Waals surface area contributed by atoms with Gasteiger partial charge in [-0.25, -0.2) is 0 Å². The van der Waals surface area contributed by atoms with Crippen molar-refractivity contribution in [2.45, 2.75) is 31.8 Å². The summed E-state index contributed by atoms with van der Waals surface area (Å²) in [6.45, 7) is 1.65. The van der Waals surface area contributed by atoms with E-state index in [1.54, 1.807) is 0 Å². The first-order valence-corrected chi connectivity index (χ1v) is 6.05. The second-order valence-corrected chi connectivity index (χ2v) is 4.33. The molecule has 0 bridgehead atoms. The average Bonchev–Trinajstić information content (AvgIpc) is 2.80. The van der Waals surface area contributed by atoms with Gasteiger partial charge in [0.15, 0.2) is 0 Å². The third kappa shape index (κ3) is 3.42. The number of benzene rings is 1. The van der Waals surface area contributed by atoms with Crippen LogP contribution < -0.4 is 11.1 Å². The van der Waals surface area contributed by atoms with Crippen LogP contribution >= 0.6 is 0 Å². The minimum Gasteiger partial charge on any atom is -0.399 e. The Morgan fingerprint density at radius 3 is 2.56 bits per heavy atom. The number of hydrogen-bond acceptors (Lipinski definition) is 3. The van der Waals surface area contributed by atoms with Gasteiger partial charge in [-0.15, -0.1) is 0 Å². The summed E-state index contributed by atoms with van der Waals surface area (Å²) in [4.78, 5) is 0. The minimum absolute atomic E-state index is 0.508. The Kier molecular flexibility index (Phi) is 4.05. The summed E-state index contributed by atoms with van der Waals surface area (Å²) < 4.78 is 5.76. The molecule has 0 radical (unpaired) electrons. The van der Waals surface area contributed by atoms with Gasteiger partial charge < -0.3 is 15.8 Å². The Morgan fingerprint density at radius 2 is 1.88 bits per heavy atom. The van der Waals surface area contributed by atoms with Crippen LogP contribution in [0, 0.1) is 0 Å². The van der Waals surface area contributed by atoms with Crippen molar-refractivity contribution >= 4 is 11.4 Å². The molecule has 3 heteroatoms. The second-order valence-electron chi connectivity index (χ2n) is 4.33. The lowest BCUT2D eigenvalue weighted by Gasteiger charge is -2.12. The van der Waals surface area contributed by atoms with Gasteiger partial charge >= 0.3 is 0 Å². The molecule has 0 spiro atoms. The predicted octanol–water partition coefficient (Wildman–Crippen LogP) is 2.64. The van der Waals surface area contributed by atoms with Crippen molar-refractivity contribution in [3.63, 3.8) is 0 Å². The van der Waals surface area contributed by atoms with Crippen LogP contribution in [-0.2, 0) is 4.74 Å². The molecule has 88 valence electrons. The van der Waals surface area contributed by atoms with Crippen LogP contribution in [0.3, 0.4) is 0 Å². The van der Waals surface area contributed by atoms with Crippen LogP contribution in [0.2, 0.25) is 0 Å². The van der Waals surface area contributed by atoms with Crippen LogP contribution in [0.15, 0.2) is 24.3 Å². The molecule has 1 fully saturated rings. The van der Waals surface area contributed by atoms with Gasteiger partial charge in [0.1, 0.15) is 0 Å². The van der Waals surface area contributed by atoms with Gasteiger partial charge in [-0.2, -0.15) is 0 Å². The molecule has 2 rings (SSSR count). The van der Waals surface area contributed by atoms with E-state index >= 15 is 0 Å². The van der Waals surface area contributed by atoms with E-state index in [0.29, 0.717) is 6.10 Å². The summed E-state index contributed by atoms with van der Waals surface area (Å²) in [6.07, 6.45) is 5.64. The summed E-state index contributed by atoms with van der Waals surface area (Å²) in [5.74, 6) is 0. The first kappa shape index (κ1) is 11.3. The zero-order valence-electron chi connectivity index (χ0n) is 9.61. The minimum atomic E-state index is 0.508. The van der Waals surface area contributed by atoms with E-state index in [1.165, 1.54) is 25.7 Å². The molecule has 16 heavy (non-hydrogen) atoms. The van der Waals surface area contributed by atoms with Crippen molar-refractivity contribution in [3.8, 4) is 0 Å². The SMILES string of the molecule is Nc1ccc(NCCOC2CCCC2)cc1. The summed E-state index contributed by atoms with van der Waals surface area (Å²) >= 11 is 0. The zero-order chi connectivity index (χ0) is 11.2. The molecule has 3 nitrogen and oxygen atoms in total. The van der Waals surface area contributed by atoms with Gasteiger partial charge in [-0.1, -0.05) is 12.8 Å². The highest BCUT2D eigenvalue weighted by Gasteiger charge is 2.14. The van der Waals surface area contributed by atoms with E-state index in [9.17, 15) is 0 Å². The number of ether oxygens (including phenoxy) is 1. The highest BCUT2D eigenvalue weighted by atomic mass is 16.5. The van der Waals surface area contributed by atoms with Crippen molar-refractivity contribution in [2.24, 2.45) is 0 Å². The van der Waals surface area contributed by atoms with Gasteiger partial charge in [-0.05, 0) is 37.1 Å². The molecule has 0 heterocycles. The fourth-order valence-corrected chi connectivity index (χ4v) is 2.08. The number of nitrogens with one attached hydrogen (secondary N) is 1.